The third-order valence-corrected chi connectivity index (χ3v) is 6.55. The molecule has 0 radical (unpaired) electrons. The summed E-state index contributed by atoms with van der Waals surface area (Å²) in [7, 11) is 0. The van der Waals surface area contributed by atoms with Crippen LogP contribution >= 0.6 is 11.8 Å². The van der Waals surface area contributed by atoms with Crippen LogP contribution in [-0.4, -0.2) is 37.9 Å². The van der Waals surface area contributed by atoms with Crippen LogP contribution in [0.25, 0.3) is 0 Å². The summed E-state index contributed by atoms with van der Waals surface area (Å²) in [5.41, 5.74) is 3.45. The number of thioether (sulfide) groups is 1. The van der Waals surface area contributed by atoms with Crippen LogP contribution in [0.4, 0.5) is 5.69 Å². The minimum Gasteiger partial charge on any atom is -0.493 e. The molecule has 0 aromatic heterocycles. The topological polar surface area (TPSA) is 41.6 Å². The fourth-order valence-corrected chi connectivity index (χ4v) is 4.71. The molecule has 32 heavy (non-hydrogen) atoms. The number of carbonyl (C=O) groups is 1. The number of nitrogens with zero attached hydrogens (tertiary/aromatic N) is 1. The van der Waals surface area contributed by atoms with Crippen LogP contribution in [0, 0.1) is 0 Å². The van der Waals surface area contributed by atoms with Gasteiger partial charge in [0.1, 0.15) is 5.75 Å². The Morgan fingerprint density at radius 3 is 2.59 bits per heavy atom. The quantitative estimate of drug-likeness (QED) is 0.333. The predicted octanol–water partition coefficient (Wildman–Crippen LogP) is 5.43. The number of aryl methyl sites for hydroxylation is 1. The first-order valence-corrected chi connectivity index (χ1v) is 12.3. The number of ether oxygens (including phenoxy) is 1. The van der Waals surface area contributed by atoms with Gasteiger partial charge in [0.15, 0.2) is 0 Å². The lowest BCUT2D eigenvalue weighted by Crippen LogP contribution is -2.33. The maximum atomic E-state index is 12.5. The van der Waals surface area contributed by atoms with E-state index in [2.05, 4.69) is 46.6 Å². The number of nitrogens with one attached hydrogen (secondary N) is 1. The van der Waals surface area contributed by atoms with E-state index >= 15 is 0 Å². The number of hydrogen-bond acceptors (Lipinski definition) is 4. The van der Waals surface area contributed by atoms with Gasteiger partial charge in [0, 0.05) is 41.5 Å². The summed E-state index contributed by atoms with van der Waals surface area (Å²) >= 11 is 1.77. The van der Waals surface area contributed by atoms with Gasteiger partial charge in [-0.25, -0.2) is 0 Å². The third kappa shape index (κ3) is 6.30. The highest BCUT2D eigenvalue weighted by Gasteiger charge is 2.15. The molecule has 0 atom stereocenters. The Morgan fingerprint density at radius 1 is 0.969 bits per heavy atom. The monoisotopic (exact) mass is 446 g/mol. The Bertz CT molecular complexity index is 992. The Hall–Kier alpha value is -2.92. The average Bonchev–Trinajstić information content (AvgIpc) is 2.85. The summed E-state index contributed by atoms with van der Waals surface area (Å²) in [5, 5.41) is 3.04. The van der Waals surface area contributed by atoms with E-state index in [0.29, 0.717) is 18.7 Å². The Morgan fingerprint density at radius 2 is 1.75 bits per heavy atom. The molecule has 166 valence electrons. The van der Waals surface area contributed by atoms with Crippen molar-refractivity contribution in [3.8, 4) is 5.75 Å². The summed E-state index contributed by atoms with van der Waals surface area (Å²) in [6, 6.07) is 26.3. The maximum Gasteiger partial charge on any atom is 0.251 e. The summed E-state index contributed by atoms with van der Waals surface area (Å²) < 4.78 is 5.80. The largest absolute Gasteiger partial charge is 0.493 e. The van der Waals surface area contributed by atoms with Gasteiger partial charge in [0.2, 0.25) is 0 Å². The van der Waals surface area contributed by atoms with Gasteiger partial charge in [-0.1, -0.05) is 36.4 Å². The fourth-order valence-electron chi connectivity index (χ4n) is 3.96. The number of fused-ring (bicyclic) bond motifs is 1. The predicted molar refractivity (Wildman–Crippen MR) is 133 cm³/mol. The van der Waals surface area contributed by atoms with E-state index in [9.17, 15) is 4.79 Å². The zero-order valence-corrected chi connectivity index (χ0v) is 19.2. The molecule has 5 heteroatoms. The van der Waals surface area contributed by atoms with Crippen molar-refractivity contribution in [3.05, 3.63) is 90.0 Å². The third-order valence-electron chi connectivity index (χ3n) is 5.58. The molecule has 0 saturated carbocycles. The molecule has 0 fully saturated rings. The van der Waals surface area contributed by atoms with Crippen LogP contribution in [-0.2, 0) is 6.42 Å². The van der Waals surface area contributed by atoms with Crippen molar-refractivity contribution in [1.82, 2.24) is 5.32 Å². The number of rotatable bonds is 10. The summed E-state index contributed by atoms with van der Waals surface area (Å²) in [6.07, 6.45) is 3.29. The van der Waals surface area contributed by atoms with E-state index in [1.54, 1.807) is 11.8 Å². The molecule has 0 spiro atoms. The van der Waals surface area contributed by atoms with Gasteiger partial charge in [-0.15, -0.1) is 11.8 Å². The van der Waals surface area contributed by atoms with Gasteiger partial charge in [0.25, 0.3) is 5.91 Å². The number of amides is 1. The van der Waals surface area contributed by atoms with Crippen LogP contribution < -0.4 is 15.0 Å². The molecule has 4 rings (SSSR count). The highest BCUT2D eigenvalue weighted by Crippen LogP contribution is 2.26. The molecular weight excluding hydrogens is 416 g/mol. The van der Waals surface area contributed by atoms with Crippen LogP contribution in [0.5, 0.6) is 5.75 Å². The van der Waals surface area contributed by atoms with E-state index in [-0.39, 0.29) is 5.91 Å². The highest BCUT2D eigenvalue weighted by molar-refractivity contribution is 7.99. The number of anilines is 1. The highest BCUT2D eigenvalue weighted by atomic mass is 32.2. The van der Waals surface area contributed by atoms with Crippen molar-refractivity contribution >= 4 is 23.4 Å². The SMILES string of the molecule is O=C(NCCCN1CCCc2ccccc21)c1ccc(OCCSc2ccccc2)cc1. The molecule has 1 amide bonds. The lowest BCUT2D eigenvalue weighted by Gasteiger charge is -2.31. The van der Waals surface area contributed by atoms with Gasteiger partial charge >= 0.3 is 0 Å². The van der Waals surface area contributed by atoms with Gasteiger partial charge in [-0.2, -0.15) is 0 Å². The number of hydrogen-bond donors (Lipinski definition) is 1. The van der Waals surface area contributed by atoms with Crippen molar-refractivity contribution in [2.45, 2.75) is 24.2 Å². The summed E-state index contributed by atoms with van der Waals surface area (Å²) in [6.45, 7) is 3.36. The molecule has 3 aromatic carbocycles. The molecule has 0 saturated heterocycles. The number of benzene rings is 3. The fraction of sp³-hybridized carbons (Fsp3) is 0.296. The lowest BCUT2D eigenvalue weighted by molar-refractivity contribution is 0.0953. The molecule has 1 heterocycles. The van der Waals surface area contributed by atoms with Crippen molar-refractivity contribution in [1.29, 1.82) is 0 Å². The molecule has 3 aromatic rings. The molecule has 0 unspecified atom stereocenters. The van der Waals surface area contributed by atoms with Crippen LogP contribution in [0.3, 0.4) is 0 Å². The van der Waals surface area contributed by atoms with Crippen molar-refractivity contribution < 1.29 is 9.53 Å². The van der Waals surface area contributed by atoms with Crippen molar-refractivity contribution in [2.75, 3.05) is 36.9 Å². The molecule has 1 aliphatic heterocycles. The second kappa shape index (κ2) is 11.6. The second-order valence-electron chi connectivity index (χ2n) is 7.86. The average molecular weight is 447 g/mol. The molecular formula is C27H30N2O2S. The van der Waals surface area contributed by atoms with E-state index < -0.39 is 0 Å². The van der Waals surface area contributed by atoms with Gasteiger partial charge in [-0.3, -0.25) is 4.79 Å². The van der Waals surface area contributed by atoms with Crippen LogP contribution in [0.15, 0.2) is 83.8 Å². The first kappa shape index (κ1) is 22.3. The minimum atomic E-state index is -0.0322. The summed E-state index contributed by atoms with van der Waals surface area (Å²) in [5.74, 6) is 1.64. The Kier molecular flexibility index (Phi) is 8.10. The van der Waals surface area contributed by atoms with Gasteiger partial charge in [0.05, 0.1) is 6.61 Å². The number of para-hydroxylation sites is 1. The first-order chi connectivity index (χ1) is 15.8. The zero-order valence-electron chi connectivity index (χ0n) is 18.3. The van der Waals surface area contributed by atoms with E-state index in [1.807, 2.05) is 42.5 Å². The lowest BCUT2D eigenvalue weighted by atomic mass is 10.0. The van der Waals surface area contributed by atoms with Crippen LogP contribution in [0.2, 0.25) is 0 Å². The molecule has 4 nitrogen and oxygen atoms in total. The zero-order chi connectivity index (χ0) is 22.0. The second-order valence-corrected chi connectivity index (χ2v) is 9.03. The Labute approximate surface area is 195 Å². The molecule has 1 N–H and O–H groups in total. The summed E-state index contributed by atoms with van der Waals surface area (Å²) in [4.78, 5) is 16.1. The molecule has 1 aliphatic rings. The molecule has 0 bridgehead atoms. The number of carbonyl (C=O) groups excluding carboxylic acids is 1. The van der Waals surface area contributed by atoms with Gasteiger partial charge < -0.3 is 15.0 Å². The maximum absolute atomic E-state index is 12.5. The van der Waals surface area contributed by atoms with Crippen molar-refractivity contribution in [2.24, 2.45) is 0 Å². The van der Waals surface area contributed by atoms with E-state index in [4.69, 9.17) is 4.74 Å². The van der Waals surface area contributed by atoms with Gasteiger partial charge in [-0.05, 0) is 67.3 Å². The van der Waals surface area contributed by atoms with Crippen LogP contribution in [0.1, 0.15) is 28.8 Å². The van der Waals surface area contributed by atoms with Crippen molar-refractivity contribution in [3.63, 3.8) is 0 Å². The van der Waals surface area contributed by atoms with E-state index in [1.165, 1.54) is 22.6 Å². The smallest absolute Gasteiger partial charge is 0.251 e. The van der Waals surface area contributed by atoms with E-state index in [0.717, 1.165) is 37.4 Å². The Balaban J connectivity index is 1.15. The standard InChI is InChI=1S/C27H30N2O2S/c30-27(28-17-7-19-29-18-6-9-22-8-4-5-12-26(22)29)23-13-15-24(16-14-23)31-20-21-32-25-10-2-1-3-11-25/h1-5,8,10-16H,6-7,9,17-21H2,(H,28,30). The molecule has 0 aliphatic carbocycles. The normalized spacial score (nSPS) is 12.8. The minimum absolute atomic E-state index is 0.0322. The first-order valence-electron chi connectivity index (χ1n) is 11.3.